The molecule has 3 rings (SSSR count). The van der Waals surface area contributed by atoms with Crippen molar-refractivity contribution in [2.24, 2.45) is 0 Å². The molecule has 3 aromatic rings. The fourth-order valence-electron chi connectivity index (χ4n) is 2.20. The number of aromatic nitrogens is 1. The first-order chi connectivity index (χ1) is 13.5. The van der Waals surface area contributed by atoms with Gasteiger partial charge in [0.2, 0.25) is 0 Å². The minimum atomic E-state index is -0.284. The summed E-state index contributed by atoms with van der Waals surface area (Å²) < 4.78 is 9.65. The zero-order chi connectivity index (χ0) is 20.5. The number of ether oxygens (including phenoxy) is 1. The van der Waals surface area contributed by atoms with Crippen LogP contribution in [-0.2, 0) is 6.42 Å². The second-order valence-electron chi connectivity index (χ2n) is 5.33. The van der Waals surface area contributed by atoms with E-state index in [4.69, 9.17) is 39.5 Å². The minimum Gasteiger partial charge on any atom is -0.457 e. The molecule has 0 bridgehead atoms. The Morgan fingerprint density at radius 3 is 2.43 bits per heavy atom. The van der Waals surface area contributed by atoms with Crippen LogP contribution in [0.5, 0.6) is 11.5 Å². The summed E-state index contributed by atoms with van der Waals surface area (Å²) in [6.07, 6.45) is 0.647. The molecule has 0 aliphatic heterocycles. The van der Waals surface area contributed by atoms with Crippen LogP contribution in [0, 0.1) is 0 Å². The third-order valence-electron chi connectivity index (χ3n) is 3.45. The first kappa shape index (κ1) is 22.5. The van der Waals surface area contributed by atoms with Gasteiger partial charge in [-0.2, -0.15) is 4.37 Å². The van der Waals surface area contributed by atoms with Gasteiger partial charge in [0, 0.05) is 11.6 Å². The van der Waals surface area contributed by atoms with Gasteiger partial charge in [0.25, 0.3) is 5.91 Å². The van der Waals surface area contributed by atoms with Crippen molar-refractivity contribution in [2.75, 3.05) is 6.54 Å². The highest BCUT2D eigenvalue weighted by Crippen LogP contribution is 2.28. The number of nitrogens with one attached hydrogen (secondary N) is 1. The maximum absolute atomic E-state index is 12.1. The van der Waals surface area contributed by atoms with Crippen LogP contribution in [0.2, 0.25) is 15.2 Å². The third-order valence-corrected chi connectivity index (χ3v) is 5.50. The highest BCUT2D eigenvalue weighted by atomic mass is 35.5. The number of hydrogen-bond donors (Lipinski definition) is 1. The molecule has 148 valence electrons. The Labute approximate surface area is 183 Å². The van der Waals surface area contributed by atoms with Crippen molar-refractivity contribution in [3.8, 4) is 11.5 Å². The number of amides is 1. The van der Waals surface area contributed by atoms with Crippen LogP contribution in [0.15, 0.2) is 48.5 Å². The molecule has 0 aliphatic carbocycles. The summed E-state index contributed by atoms with van der Waals surface area (Å²) in [6, 6.07) is 14.8. The van der Waals surface area contributed by atoms with E-state index < -0.39 is 0 Å². The van der Waals surface area contributed by atoms with E-state index in [-0.39, 0.29) is 16.1 Å². The molecule has 1 amide bonds. The van der Waals surface area contributed by atoms with Crippen LogP contribution >= 0.6 is 46.3 Å². The van der Waals surface area contributed by atoms with E-state index in [1.54, 1.807) is 24.3 Å². The van der Waals surface area contributed by atoms with E-state index in [1.807, 2.05) is 38.1 Å². The van der Waals surface area contributed by atoms with E-state index >= 15 is 0 Å². The molecule has 0 atom stereocenters. The molecule has 4 nitrogen and oxygen atoms in total. The standard InChI is InChI=1S/C18H13Cl3N2O2S.C2H6/c19-12-4-6-13(7-5-12)25-14-3-1-2-11(10-14)8-9-22-18(24)16-15(20)17(21)23-26-16;1-2/h1-7,10H,8-9H2,(H,22,24);1-2H3. The highest BCUT2D eigenvalue weighted by molar-refractivity contribution is 7.09. The van der Waals surface area contributed by atoms with E-state index in [0.29, 0.717) is 34.4 Å². The smallest absolute Gasteiger partial charge is 0.264 e. The Bertz CT molecular complexity index is 914. The van der Waals surface area contributed by atoms with Gasteiger partial charge in [0.15, 0.2) is 5.15 Å². The van der Waals surface area contributed by atoms with Crippen LogP contribution in [0.1, 0.15) is 29.1 Å². The molecule has 0 saturated carbocycles. The monoisotopic (exact) mass is 456 g/mol. The summed E-state index contributed by atoms with van der Waals surface area (Å²) >= 11 is 18.5. The lowest BCUT2D eigenvalue weighted by Gasteiger charge is -2.08. The van der Waals surface area contributed by atoms with Crippen molar-refractivity contribution >= 4 is 52.2 Å². The lowest BCUT2D eigenvalue weighted by Crippen LogP contribution is -2.25. The molecular weight excluding hydrogens is 439 g/mol. The van der Waals surface area contributed by atoms with Crippen molar-refractivity contribution in [3.05, 3.63) is 74.2 Å². The quantitative estimate of drug-likeness (QED) is 0.438. The molecule has 0 spiro atoms. The largest absolute Gasteiger partial charge is 0.457 e. The number of rotatable bonds is 6. The summed E-state index contributed by atoms with van der Waals surface area (Å²) in [6.45, 7) is 4.45. The summed E-state index contributed by atoms with van der Waals surface area (Å²) in [4.78, 5) is 12.4. The van der Waals surface area contributed by atoms with E-state index in [1.165, 1.54) is 0 Å². The topological polar surface area (TPSA) is 51.2 Å². The Kier molecular flexibility index (Phi) is 9.06. The van der Waals surface area contributed by atoms with Crippen LogP contribution in [-0.4, -0.2) is 16.8 Å². The van der Waals surface area contributed by atoms with Gasteiger partial charge < -0.3 is 10.1 Å². The Hall–Kier alpha value is -1.79. The summed E-state index contributed by atoms with van der Waals surface area (Å²) in [5.74, 6) is 1.14. The molecule has 1 heterocycles. The minimum absolute atomic E-state index is 0.147. The van der Waals surface area contributed by atoms with Gasteiger partial charge in [-0.15, -0.1) is 0 Å². The van der Waals surface area contributed by atoms with Crippen molar-refractivity contribution in [3.63, 3.8) is 0 Å². The molecule has 1 aromatic heterocycles. The van der Waals surface area contributed by atoms with Crippen molar-refractivity contribution in [1.82, 2.24) is 9.69 Å². The summed E-state index contributed by atoms with van der Waals surface area (Å²) in [7, 11) is 0. The molecule has 8 heteroatoms. The van der Waals surface area contributed by atoms with Crippen molar-refractivity contribution < 1.29 is 9.53 Å². The fourth-order valence-corrected chi connectivity index (χ4v) is 3.46. The van der Waals surface area contributed by atoms with Crippen LogP contribution in [0.4, 0.5) is 0 Å². The molecule has 0 saturated heterocycles. The molecule has 28 heavy (non-hydrogen) atoms. The normalized spacial score (nSPS) is 10.0. The summed E-state index contributed by atoms with van der Waals surface area (Å²) in [5.41, 5.74) is 1.03. The van der Waals surface area contributed by atoms with Crippen molar-refractivity contribution in [2.45, 2.75) is 20.3 Å². The predicted molar refractivity (Wildman–Crippen MR) is 117 cm³/mol. The van der Waals surface area contributed by atoms with Crippen molar-refractivity contribution in [1.29, 1.82) is 0 Å². The van der Waals surface area contributed by atoms with Crippen LogP contribution < -0.4 is 10.1 Å². The SMILES string of the molecule is CC.O=C(NCCc1cccc(Oc2ccc(Cl)cc2)c1)c1snc(Cl)c1Cl. The maximum atomic E-state index is 12.1. The predicted octanol–water partition coefficient (Wildman–Crippen LogP) is 6.89. The highest BCUT2D eigenvalue weighted by Gasteiger charge is 2.16. The number of halogens is 3. The molecule has 0 unspecified atom stereocenters. The number of benzene rings is 2. The molecule has 0 aliphatic rings. The maximum Gasteiger partial charge on any atom is 0.264 e. The first-order valence-corrected chi connectivity index (χ1v) is 10.5. The van der Waals surface area contributed by atoms with Gasteiger partial charge in [0.1, 0.15) is 21.4 Å². The molecule has 0 radical (unpaired) electrons. The van der Waals surface area contributed by atoms with E-state index in [2.05, 4.69) is 9.69 Å². The Balaban J connectivity index is 0.00000136. The van der Waals surface area contributed by atoms with Gasteiger partial charge in [-0.3, -0.25) is 4.79 Å². The van der Waals surface area contributed by atoms with Crippen LogP contribution in [0.3, 0.4) is 0 Å². The third kappa shape index (κ3) is 6.38. The second kappa shape index (κ2) is 11.3. The van der Waals surface area contributed by atoms with Crippen LogP contribution in [0.25, 0.3) is 0 Å². The number of hydrogen-bond acceptors (Lipinski definition) is 4. The van der Waals surface area contributed by atoms with Gasteiger partial charge in [-0.05, 0) is 59.9 Å². The van der Waals surface area contributed by atoms with Gasteiger partial charge >= 0.3 is 0 Å². The Morgan fingerprint density at radius 1 is 1.07 bits per heavy atom. The number of carbonyl (C=O) groups excluding carboxylic acids is 1. The molecule has 0 fully saturated rings. The average Bonchev–Trinajstić information content (AvgIpc) is 3.04. The van der Waals surface area contributed by atoms with Gasteiger partial charge in [-0.25, -0.2) is 0 Å². The zero-order valence-electron chi connectivity index (χ0n) is 15.3. The van der Waals surface area contributed by atoms with Gasteiger partial charge in [-0.1, -0.05) is 60.8 Å². The molecule has 1 N–H and O–H groups in total. The van der Waals surface area contributed by atoms with Gasteiger partial charge in [0.05, 0.1) is 0 Å². The Morgan fingerprint density at radius 2 is 1.79 bits per heavy atom. The number of nitrogens with zero attached hydrogens (tertiary/aromatic N) is 1. The fraction of sp³-hybridized carbons (Fsp3) is 0.200. The van der Waals surface area contributed by atoms with E-state index in [9.17, 15) is 4.79 Å². The first-order valence-electron chi connectivity index (χ1n) is 8.64. The lowest BCUT2D eigenvalue weighted by atomic mass is 10.1. The van der Waals surface area contributed by atoms with E-state index in [0.717, 1.165) is 17.1 Å². The lowest BCUT2D eigenvalue weighted by molar-refractivity contribution is 0.0958. The summed E-state index contributed by atoms with van der Waals surface area (Å²) in [5, 5.41) is 3.80. The average molecular weight is 458 g/mol. The molecule has 2 aromatic carbocycles. The number of carbonyl (C=O) groups is 1. The molecular formula is C20H19Cl3N2O2S. The zero-order valence-corrected chi connectivity index (χ0v) is 18.4. The second-order valence-corrected chi connectivity index (χ2v) is 7.27.